The highest BCUT2D eigenvalue weighted by Gasteiger charge is 2.29. The van der Waals surface area contributed by atoms with Crippen LogP contribution < -0.4 is 0 Å². The van der Waals surface area contributed by atoms with Crippen LogP contribution in [0.2, 0.25) is 0 Å². The topological polar surface area (TPSA) is 21.6 Å². The monoisotopic (exact) mass is 403 g/mol. The molecule has 2 nitrogen and oxygen atoms in total. The van der Waals surface area contributed by atoms with E-state index in [2.05, 4.69) is 56.0 Å². The van der Waals surface area contributed by atoms with Crippen molar-refractivity contribution >= 4 is 17.0 Å². The Bertz CT molecular complexity index is 872. The summed E-state index contributed by atoms with van der Waals surface area (Å²) in [6.45, 7) is 11.3. The van der Waals surface area contributed by atoms with Crippen molar-refractivity contribution in [1.82, 2.24) is 0 Å². The van der Waals surface area contributed by atoms with Gasteiger partial charge in [-0.15, -0.1) is 0 Å². The summed E-state index contributed by atoms with van der Waals surface area (Å²) >= 11 is 0. The van der Waals surface area contributed by atoms with Gasteiger partial charge < -0.3 is 4.74 Å². The second-order valence-corrected chi connectivity index (χ2v) is 8.32. The lowest BCUT2D eigenvalue weighted by Gasteiger charge is -2.24. The van der Waals surface area contributed by atoms with Crippen LogP contribution in [0.15, 0.2) is 54.0 Å². The van der Waals surface area contributed by atoms with E-state index >= 15 is 0 Å². The lowest BCUT2D eigenvalue weighted by Crippen LogP contribution is -2.12. The Labute approximate surface area is 183 Å². The van der Waals surface area contributed by atoms with E-state index in [1.165, 1.54) is 65.6 Å². The van der Waals surface area contributed by atoms with Crippen LogP contribution in [-0.4, -0.2) is 19.4 Å². The lowest BCUT2D eigenvalue weighted by molar-refractivity contribution is 0.207. The van der Waals surface area contributed by atoms with Crippen LogP contribution in [-0.2, 0) is 4.74 Å². The molecule has 4 rings (SSSR count). The molecule has 1 fully saturated rings. The predicted molar refractivity (Wildman–Crippen MR) is 130 cm³/mol. The summed E-state index contributed by atoms with van der Waals surface area (Å²) in [6.07, 6.45) is 7.48. The molecule has 0 spiro atoms. The molecule has 160 valence electrons. The van der Waals surface area contributed by atoms with Crippen LogP contribution in [0.5, 0.6) is 0 Å². The first kappa shape index (κ1) is 22.5. The Kier molecular flexibility index (Phi) is 8.04. The van der Waals surface area contributed by atoms with Crippen molar-refractivity contribution in [3.63, 3.8) is 0 Å². The summed E-state index contributed by atoms with van der Waals surface area (Å²) in [5, 5.41) is 0. The van der Waals surface area contributed by atoms with E-state index in [-0.39, 0.29) is 5.92 Å². The van der Waals surface area contributed by atoms with Crippen LogP contribution in [0.4, 0.5) is 5.69 Å². The summed E-state index contributed by atoms with van der Waals surface area (Å²) in [6, 6.07) is 15.7. The van der Waals surface area contributed by atoms with Crippen LogP contribution in [0, 0.1) is 12.8 Å². The van der Waals surface area contributed by atoms with Gasteiger partial charge in [-0.1, -0.05) is 81.7 Å². The fourth-order valence-electron chi connectivity index (χ4n) is 4.71. The predicted octanol–water partition coefficient (Wildman–Crippen LogP) is 7.87. The van der Waals surface area contributed by atoms with Crippen LogP contribution in [0.25, 0.3) is 5.57 Å². The Morgan fingerprint density at radius 2 is 1.73 bits per heavy atom. The molecule has 0 bridgehead atoms. The van der Waals surface area contributed by atoms with E-state index in [1.807, 2.05) is 13.8 Å². The van der Waals surface area contributed by atoms with E-state index < -0.39 is 0 Å². The number of fused-ring (bicyclic) bond motifs is 1. The number of hydrogen-bond donors (Lipinski definition) is 0. The maximum absolute atomic E-state index is 5.35. The normalized spacial score (nSPS) is 18.3. The molecular weight excluding hydrogens is 366 g/mol. The van der Waals surface area contributed by atoms with Gasteiger partial charge in [-0.05, 0) is 54.0 Å². The number of ether oxygens (including phenoxy) is 1. The molecule has 1 heterocycles. The zero-order valence-electron chi connectivity index (χ0n) is 19.2. The largest absolute Gasteiger partial charge is 0.384 e. The van der Waals surface area contributed by atoms with Crippen molar-refractivity contribution in [3.05, 3.63) is 71.3 Å². The van der Waals surface area contributed by atoms with Gasteiger partial charge in [0.25, 0.3) is 0 Å². The highest BCUT2D eigenvalue weighted by molar-refractivity contribution is 6.01. The summed E-state index contributed by atoms with van der Waals surface area (Å²) < 4.78 is 5.35. The van der Waals surface area contributed by atoms with Crippen molar-refractivity contribution in [2.45, 2.75) is 65.2 Å². The van der Waals surface area contributed by atoms with Gasteiger partial charge in [0.05, 0.1) is 12.3 Å². The molecule has 1 unspecified atom stereocenters. The van der Waals surface area contributed by atoms with Crippen molar-refractivity contribution in [1.29, 1.82) is 0 Å². The van der Waals surface area contributed by atoms with Crippen molar-refractivity contribution in [2.24, 2.45) is 10.9 Å². The molecule has 0 aromatic heterocycles. The summed E-state index contributed by atoms with van der Waals surface area (Å²) in [7, 11) is 1.76. The minimum Gasteiger partial charge on any atom is -0.384 e. The van der Waals surface area contributed by atoms with Gasteiger partial charge in [0.15, 0.2) is 0 Å². The molecular formula is C28H37NO. The Balaban J connectivity index is 0.00000124. The minimum absolute atomic E-state index is 0.239. The molecule has 2 heteroatoms. The highest BCUT2D eigenvalue weighted by Crippen LogP contribution is 2.43. The van der Waals surface area contributed by atoms with Gasteiger partial charge in [0, 0.05) is 25.2 Å². The Hall–Kier alpha value is -2.19. The first-order valence-electron chi connectivity index (χ1n) is 11.6. The smallest absolute Gasteiger partial charge is 0.0677 e. The number of nitrogens with zero attached hydrogens (tertiary/aromatic N) is 1. The standard InChI is InChI=1S/C26H31NO.C2H6/c1-18-9-11-21(12-10-18)26-23-14-13-22(19(2)20-7-5-4-6-8-20)17-25(23)27-24(26)15-16-28-3;1-2/h9-14,17,20,26H,2,4-8,15-16H2,1,3H3;1-2H3. The SMILES string of the molecule is C=C(c1ccc2c(c1)N=C(CCOC)C2c1ccc(C)cc1)C1CCCCC1.CC. The maximum Gasteiger partial charge on any atom is 0.0677 e. The molecule has 1 saturated carbocycles. The van der Waals surface area contributed by atoms with Crippen molar-refractivity contribution < 1.29 is 4.74 Å². The molecule has 1 aliphatic carbocycles. The molecule has 1 atom stereocenters. The fourth-order valence-corrected chi connectivity index (χ4v) is 4.71. The van der Waals surface area contributed by atoms with E-state index in [9.17, 15) is 0 Å². The Morgan fingerprint density at radius 1 is 1.03 bits per heavy atom. The third kappa shape index (κ3) is 4.92. The van der Waals surface area contributed by atoms with Crippen LogP contribution in [0.1, 0.15) is 80.5 Å². The van der Waals surface area contributed by atoms with E-state index in [1.54, 1.807) is 7.11 Å². The maximum atomic E-state index is 5.35. The summed E-state index contributed by atoms with van der Waals surface area (Å²) in [4.78, 5) is 5.05. The molecule has 30 heavy (non-hydrogen) atoms. The minimum atomic E-state index is 0.239. The van der Waals surface area contributed by atoms with Crippen molar-refractivity contribution in [2.75, 3.05) is 13.7 Å². The molecule has 2 aromatic rings. The second kappa shape index (κ2) is 10.7. The third-order valence-electron chi connectivity index (χ3n) is 6.38. The van der Waals surface area contributed by atoms with Gasteiger partial charge >= 0.3 is 0 Å². The van der Waals surface area contributed by atoms with Gasteiger partial charge in [-0.3, -0.25) is 4.99 Å². The molecule has 2 aromatic carbocycles. The third-order valence-corrected chi connectivity index (χ3v) is 6.38. The molecule has 0 N–H and O–H groups in total. The quantitative estimate of drug-likeness (QED) is 0.481. The average molecular weight is 404 g/mol. The molecule has 0 amide bonds. The van der Waals surface area contributed by atoms with Crippen molar-refractivity contribution in [3.8, 4) is 0 Å². The Morgan fingerprint density at radius 3 is 2.40 bits per heavy atom. The first-order chi connectivity index (χ1) is 14.7. The number of benzene rings is 2. The average Bonchev–Trinajstić information content (AvgIpc) is 3.17. The fraction of sp³-hybridized carbons (Fsp3) is 0.464. The molecule has 0 radical (unpaired) electrons. The zero-order valence-corrected chi connectivity index (χ0v) is 19.2. The molecule has 1 aliphatic heterocycles. The van der Waals surface area contributed by atoms with Crippen LogP contribution >= 0.6 is 0 Å². The zero-order chi connectivity index (χ0) is 21.5. The van der Waals surface area contributed by atoms with E-state index in [4.69, 9.17) is 9.73 Å². The number of allylic oxidation sites excluding steroid dienone is 1. The summed E-state index contributed by atoms with van der Waals surface area (Å²) in [5.41, 5.74) is 8.82. The molecule has 2 aliphatic rings. The number of rotatable bonds is 6. The van der Waals surface area contributed by atoms with E-state index in [0.717, 1.165) is 12.1 Å². The van der Waals surface area contributed by atoms with Crippen LogP contribution in [0.3, 0.4) is 0 Å². The number of aryl methyl sites for hydroxylation is 1. The highest BCUT2D eigenvalue weighted by atomic mass is 16.5. The van der Waals surface area contributed by atoms with Gasteiger partial charge in [-0.2, -0.15) is 0 Å². The van der Waals surface area contributed by atoms with Gasteiger partial charge in [0.2, 0.25) is 0 Å². The first-order valence-corrected chi connectivity index (χ1v) is 11.6. The lowest BCUT2D eigenvalue weighted by atomic mass is 9.81. The number of hydrogen-bond acceptors (Lipinski definition) is 2. The molecule has 0 saturated heterocycles. The second-order valence-electron chi connectivity index (χ2n) is 8.32. The number of aliphatic imine (C=N–C) groups is 1. The summed E-state index contributed by atoms with van der Waals surface area (Å²) in [5.74, 6) is 0.876. The van der Waals surface area contributed by atoms with E-state index in [0.29, 0.717) is 12.5 Å². The van der Waals surface area contributed by atoms with Gasteiger partial charge in [-0.25, -0.2) is 0 Å². The number of methoxy groups -OCH3 is 1. The van der Waals surface area contributed by atoms with Gasteiger partial charge in [0.1, 0.15) is 0 Å².